The fourth-order valence-electron chi connectivity index (χ4n) is 4.48. The van der Waals surface area contributed by atoms with Gasteiger partial charge in [0, 0.05) is 43.5 Å². The van der Waals surface area contributed by atoms with Crippen molar-refractivity contribution in [3.8, 4) is 0 Å². The number of nitrogens with zero attached hydrogens (tertiary/aromatic N) is 2. The van der Waals surface area contributed by atoms with Crippen molar-refractivity contribution in [2.75, 3.05) is 31.1 Å². The van der Waals surface area contributed by atoms with E-state index in [1.165, 1.54) is 31.4 Å². The third-order valence-corrected chi connectivity index (χ3v) is 5.91. The van der Waals surface area contributed by atoms with Crippen LogP contribution in [0.5, 0.6) is 0 Å². The number of anilines is 1. The van der Waals surface area contributed by atoms with E-state index in [0.717, 1.165) is 50.0 Å². The molecule has 1 aliphatic carbocycles. The molecule has 1 unspecified atom stereocenters. The summed E-state index contributed by atoms with van der Waals surface area (Å²) in [6.07, 6.45) is 6.29. The minimum Gasteiger partial charge on any atom is -0.370 e. The molecule has 1 aromatic carbocycles. The van der Waals surface area contributed by atoms with Gasteiger partial charge in [0.1, 0.15) is 0 Å². The topological polar surface area (TPSA) is 49.6 Å². The van der Waals surface area contributed by atoms with Crippen LogP contribution < -0.4 is 10.6 Å². The number of amides is 1. The third-order valence-electron chi connectivity index (χ3n) is 5.91. The number of fused-ring (bicyclic) bond motifs is 4. The van der Waals surface area contributed by atoms with Crippen LogP contribution in [-0.4, -0.2) is 43.0 Å². The molecule has 4 fully saturated rings. The van der Waals surface area contributed by atoms with Gasteiger partial charge in [0.25, 0.3) is 5.91 Å². The summed E-state index contributed by atoms with van der Waals surface area (Å²) in [4.78, 5) is 17.3. The maximum Gasteiger partial charge on any atom is 0.253 e. The SMILES string of the molecule is NC1CCN(c2ccc(C(=O)N3CC4CCC(CC4)C3)cc2)C1. The normalized spacial score (nSPS) is 30.6. The van der Waals surface area contributed by atoms with Gasteiger partial charge < -0.3 is 15.5 Å². The molecule has 1 aromatic rings. The van der Waals surface area contributed by atoms with Gasteiger partial charge in [0.05, 0.1) is 0 Å². The first-order valence-electron chi connectivity index (χ1n) is 9.09. The zero-order chi connectivity index (χ0) is 15.8. The van der Waals surface area contributed by atoms with E-state index < -0.39 is 0 Å². The molecular formula is C19H27N3O. The van der Waals surface area contributed by atoms with Gasteiger partial charge in [-0.2, -0.15) is 0 Å². The lowest BCUT2D eigenvalue weighted by Crippen LogP contribution is -2.34. The van der Waals surface area contributed by atoms with Gasteiger partial charge in [-0.05, 0) is 68.2 Å². The van der Waals surface area contributed by atoms with E-state index in [-0.39, 0.29) is 11.9 Å². The highest BCUT2D eigenvalue weighted by molar-refractivity contribution is 5.94. The second-order valence-electron chi connectivity index (χ2n) is 7.64. The predicted molar refractivity (Wildman–Crippen MR) is 92.6 cm³/mol. The Balaban J connectivity index is 1.46. The highest BCUT2D eigenvalue weighted by Gasteiger charge is 2.32. The van der Waals surface area contributed by atoms with Crippen LogP contribution in [0.3, 0.4) is 0 Å². The predicted octanol–water partition coefficient (Wildman–Crippen LogP) is 2.49. The van der Waals surface area contributed by atoms with Crippen LogP contribution in [-0.2, 0) is 0 Å². The number of carbonyl (C=O) groups is 1. The monoisotopic (exact) mass is 313 g/mol. The van der Waals surface area contributed by atoms with E-state index in [4.69, 9.17) is 5.73 Å². The van der Waals surface area contributed by atoms with Gasteiger partial charge in [-0.15, -0.1) is 0 Å². The smallest absolute Gasteiger partial charge is 0.253 e. The molecule has 5 rings (SSSR count). The quantitative estimate of drug-likeness (QED) is 0.912. The Morgan fingerprint density at radius 1 is 0.913 bits per heavy atom. The van der Waals surface area contributed by atoms with Crippen molar-refractivity contribution in [1.82, 2.24) is 4.90 Å². The summed E-state index contributed by atoms with van der Waals surface area (Å²) in [6.45, 7) is 3.85. The molecule has 1 amide bonds. The molecule has 0 aromatic heterocycles. The van der Waals surface area contributed by atoms with Crippen LogP contribution in [0.25, 0.3) is 0 Å². The van der Waals surface area contributed by atoms with E-state index in [0.29, 0.717) is 0 Å². The van der Waals surface area contributed by atoms with Gasteiger partial charge in [0.2, 0.25) is 0 Å². The maximum absolute atomic E-state index is 12.8. The first-order valence-corrected chi connectivity index (χ1v) is 9.09. The first-order chi connectivity index (χ1) is 11.2. The van der Waals surface area contributed by atoms with Gasteiger partial charge in [-0.1, -0.05) is 0 Å². The molecule has 4 heteroatoms. The van der Waals surface area contributed by atoms with Crippen molar-refractivity contribution in [2.45, 2.75) is 38.1 Å². The molecule has 124 valence electrons. The molecule has 0 spiro atoms. The van der Waals surface area contributed by atoms with Crippen molar-refractivity contribution in [1.29, 1.82) is 0 Å². The number of benzene rings is 1. The molecule has 0 radical (unpaired) electrons. The number of hydrogen-bond donors (Lipinski definition) is 1. The summed E-state index contributed by atoms with van der Waals surface area (Å²) in [6, 6.07) is 8.43. The Morgan fingerprint density at radius 3 is 2.04 bits per heavy atom. The van der Waals surface area contributed by atoms with Crippen molar-refractivity contribution in [2.24, 2.45) is 17.6 Å². The lowest BCUT2D eigenvalue weighted by molar-refractivity contribution is 0.0739. The van der Waals surface area contributed by atoms with E-state index in [1.54, 1.807) is 0 Å². The van der Waals surface area contributed by atoms with Crippen molar-refractivity contribution in [3.63, 3.8) is 0 Å². The third kappa shape index (κ3) is 3.09. The second-order valence-corrected chi connectivity index (χ2v) is 7.64. The zero-order valence-electron chi connectivity index (χ0n) is 13.8. The summed E-state index contributed by atoms with van der Waals surface area (Å²) < 4.78 is 0. The molecule has 2 N–H and O–H groups in total. The van der Waals surface area contributed by atoms with E-state index in [2.05, 4.69) is 21.9 Å². The Hall–Kier alpha value is -1.55. The van der Waals surface area contributed by atoms with E-state index in [1.807, 2.05) is 12.1 Å². The van der Waals surface area contributed by atoms with Crippen LogP contribution in [0.1, 0.15) is 42.5 Å². The Labute approximate surface area is 138 Å². The van der Waals surface area contributed by atoms with Gasteiger partial charge in [-0.25, -0.2) is 0 Å². The molecule has 3 aliphatic heterocycles. The van der Waals surface area contributed by atoms with Crippen molar-refractivity contribution >= 4 is 11.6 Å². The number of carbonyl (C=O) groups excluding carboxylic acids is 1. The number of nitrogens with two attached hydrogens (primary N) is 1. The average Bonchev–Trinajstić information content (AvgIpc) is 2.81. The summed E-state index contributed by atoms with van der Waals surface area (Å²) in [5, 5.41) is 0. The standard InChI is InChI=1S/C19H27N3O/c20-17-9-10-21(13-17)18-7-5-16(6-8-18)19(23)22-11-14-1-2-15(12-22)4-3-14/h5-8,14-15,17H,1-4,9-13,20H2. The van der Waals surface area contributed by atoms with Gasteiger partial charge in [0.15, 0.2) is 0 Å². The molecule has 1 saturated carbocycles. The summed E-state index contributed by atoms with van der Waals surface area (Å²) in [5.74, 6) is 1.67. The fraction of sp³-hybridized carbons (Fsp3) is 0.632. The summed E-state index contributed by atoms with van der Waals surface area (Å²) in [7, 11) is 0. The summed E-state index contributed by atoms with van der Waals surface area (Å²) in [5.41, 5.74) is 8.00. The molecule has 3 saturated heterocycles. The summed E-state index contributed by atoms with van der Waals surface area (Å²) >= 11 is 0. The highest BCUT2D eigenvalue weighted by Crippen LogP contribution is 2.34. The van der Waals surface area contributed by atoms with E-state index in [9.17, 15) is 4.79 Å². The molecule has 4 nitrogen and oxygen atoms in total. The lowest BCUT2D eigenvalue weighted by Gasteiger charge is -2.23. The minimum absolute atomic E-state index is 0.216. The van der Waals surface area contributed by atoms with Crippen LogP contribution in [0.15, 0.2) is 24.3 Å². The Morgan fingerprint density at radius 2 is 1.52 bits per heavy atom. The number of hydrogen-bond acceptors (Lipinski definition) is 3. The molecule has 23 heavy (non-hydrogen) atoms. The van der Waals surface area contributed by atoms with E-state index >= 15 is 0 Å². The van der Waals surface area contributed by atoms with Gasteiger partial charge in [-0.3, -0.25) is 4.79 Å². The van der Waals surface area contributed by atoms with Crippen LogP contribution in [0, 0.1) is 11.8 Å². The molecule has 4 aliphatic rings. The zero-order valence-corrected chi connectivity index (χ0v) is 13.8. The highest BCUT2D eigenvalue weighted by atomic mass is 16.2. The fourth-order valence-corrected chi connectivity index (χ4v) is 4.48. The maximum atomic E-state index is 12.8. The van der Waals surface area contributed by atoms with Gasteiger partial charge >= 0.3 is 0 Å². The molecule has 3 heterocycles. The van der Waals surface area contributed by atoms with Crippen molar-refractivity contribution in [3.05, 3.63) is 29.8 Å². The Kier molecular flexibility index (Phi) is 4.02. The Bertz CT molecular complexity index is 548. The number of rotatable bonds is 2. The molecular weight excluding hydrogens is 286 g/mol. The molecule has 2 bridgehead atoms. The van der Waals surface area contributed by atoms with Crippen LogP contribution in [0.4, 0.5) is 5.69 Å². The van der Waals surface area contributed by atoms with Crippen LogP contribution in [0.2, 0.25) is 0 Å². The minimum atomic E-state index is 0.216. The lowest BCUT2D eigenvalue weighted by atomic mass is 9.84. The second kappa shape index (κ2) is 6.16. The first kappa shape index (κ1) is 15.0. The average molecular weight is 313 g/mol. The largest absolute Gasteiger partial charge is 0.370 e. The molecule has 1 atom stereocenters. The van der Waals surface area contributed by atoms with Crippen molar-refractivity contribution < 1.29 is 4.79 Å². The van der Waals surface area contributed by atoms with Crippen LogP contribution >= 0.6 is 0 Å².